The maximum Gasteiger partial charge on any atom is 0.310 e. The minimum atomic E-state index is -0.268. The fourth-order valence-corrected chi connectivity index (χ4v) is 2.09. The predicted octanol–water partition coefficient (Wildman–Crippen LogP) is 1.03. The molecule has 1 N–H and O–H groups in total. The third kappa shape index (κ3) is 2.45. The molecule has 1 unspecified atom stereocenters. The molecule has 18 heavy (non-hydrogen) atoms. The number of ether oxygens (including phenoxy) is 1. The Morgan fingerprint density at radius 1 is 1.33 bits per heavy atom. The number of benzene rings is 1. The summed E-state index contributed by atoms with van der Waals surface area (Å²) in [6, 6.07) is 6.09. The summed E-state index contributed by atoms with van der Waals surface area (Å²) >= 11 is 0. The zero-order valence-corrected chi connectivity index (χ0v) is 10.1. The summed E-state index contributed by atoms with van der Waals surface area (Å²) in [7, 11) is 1.35. The molecule has 5 nitrogen and oxygen atoms in total. The first-order valence-corrected chi connectivity index (χ1v) is 5.78. The fraction of sp³-hybridized carbons (Fsp3) is 0.385. The van der Waals surface area contributed by atoms with E-state index in [-0.39, 0.29) is 23.5 Å². The van der Waals surface area contributed by atoms with Crippen LogP contribution in [-0.4, -0.2) is 42.1 Å². The highest BCUT2D eigenvalue weighted by atomic mass is 16.5. The average molecular weight is 249 g/mol. The molecule has 0 radical (unpaired) electrons. The van der Waals surface area contributed by atoms with Crippen molar-refractivity contribution in [2.75, 3.05) is 20.2 Å². The molecule has 5 heteroatoms. The summed E-state index contributed by atoms with van der Waals surface area (Å²) in [4.78, 5) is 25.1. The summed E-state index contributed by atoms with van der Waals surface area (Å²) in [5.74, 6) is -0.492. The summed E-state index contributed by atoms with van der Waals surface area (Å²) < 4.78 is 4.67. The topological polar surface area (TPSA) is 66.8 Å². The Balaban J connectivity index is 2.03. The van der Waals surface area contributed by atoms with Crippen molar-refractivity contribution < 1.29 is 19.4 Å². The van der Waals surface area contributed by atoms with Gasteiger partial charge in [0.2, 0.25) is 0 Å². The molecule has 1 aromatic carbocycles. The standard InChI is InChI=1S/C13H15NO4/c1-18-13(17)10-6-7-14(8-10)12(16)9-2-4-11(15)5-3-9/h2-5,10,15H,6-8H2,1H3. The predicted molar refractivity (Wildman–Crippen MR) is 64.1 cm³/mol. The first-order valence-electron chi connectivity index (χ1n) is 5.78. The van der Waals surface area contributed by atoms with Crippen LogP contribution in [0.5, 0.6) is 5.75 Å². The molecule has 1 saturated heterocycles. The molecule has 1 aliphatic heterocycles. The molecule has 1 aliphatic rings. The number of nitrogens with zero attached hydrogens (tertiary/aromatic N) is 1. The third-order valence-corrected chi connectivity index (χ3v) is 3.12. The molecule has 1 amide bonds. The van der Waals surface area contributed by atoms with Gasteiger partial charge in [0.25, 0.3) is 5.91 Å². The van der Waals surface area contributed by atoms with Crippen LogP contribution < -0.4 is 0 Å². The molecule has 0 spiro atoms. The first-order chi connectivity index (χ1) is 8.61. The average Bonchev–Trinajstić information content (AvgIpc) is 2.87. The monoisotopic (exact) mass is 249 g/mol. The highest BCUT2D eigenvalue weighted by Crippen LogP contribution is 2.20. The lowest BCUT2D eigenvalue weighted by molar-refractivity contribution is -0.144. The van der Waals surface area contributed by atoms with E-state index in [0.29, 0.717) is 25.1 Å². The van der Waals surface area contributed by atoms with Gasteiger partial charge in [-0.05, 0) is 30.7 Å². The number of esters is 1. The number of phenolic OH excluding ortho intramolecular Hbond substituents is 1. The Kier molecular flexibility index (Phi) is 3.50. The van der Waals surface area contributed by atoms with E-state index in [0.717, 1.165) is 0 Å². The van der Waals surface area contributed by atoms with Gasteiger partial charge in [0, 0.05) is 18.7 Å². The molecule has 1 fully saturated rings. The Morgan fingerprint density at radius 2 is 2.00 bits per heavy atom. The van der Waals surface area contributed by atoms with Crippen LogP contribution in [0.4, 0.5) is 0 Å². The van der Waals surface area contributed by atoms with E-state index in [2.05, 4.69) is 4.74 Å². The second-order valence-corrected chi connectivity index (χ2v) is 4.31. The van der Waals surface area contributed by atoms with Crippen molar-refractivity contribution in [3.05, 3.63) is 29.8 Å². The number of hydrogen-bond acceptors (Lipinski definition) is 4. The van der Waals surface area contributed by atoms with E-state index in [1.807, 2.05) is 0 Å². The molecule has 96 valence electrons. The van der Waals surface area contributed by atoms with Crippen LogP contribution >= 0.6 is 0 Å². The zero-order chi connectivity index (χ0) is 13.1. The van der Waals surface area contributed by atoms with Gasteiger partial charge in [-0.1, -0.05) is 0 Å². The van der Waals surface area contributed by atoms with E-state index >= 15 is 0 Å². The second-order valence-electron chi connectivity index (χ2n) is 4.31. The summed E-state index contributed by atoms with van der Waals surface area (Å²) in [6.07, 6.45) is 0.635. The van der Waals surface area contributed by atoms with Crippen molar-refractivity contribution >= 4 is 11.9 Å². The highest BCUT2D eigenvalue weighted by Gasteiger charge is 2.31. The van der Waals surface area contributed by atoms with Crippen molar-refractivity contribution in [1.29, 1.82) is 0 Å². The highest BCUT2D eigenvalue weighted by molar-refractivity contribution is 5.95. The van der Waals surface area contributed by atoms with Gasteiger partial charge in [0.15, 0.2) is 0 Å². The van der Waals surface area contributed by atoms with E-state index in [1.54, 1.807) is 17.0 Å². The largest absolute Gasteiger partial charge is 0.508 e. The van der Waals surface area contributed by atoms with Crippen LogP contribution in [0.15, 0.2) is 24.3 Å². The lowest BCUT2D eigenvalue weighted by Crippen LogP contribution is -2.30. The number of phenols is 1. The Hall–Kier alpha value is -2.04. The normalized spacial score (nSPS) is 18.7. The quantitative estimate of drug-likeness (QED) is 0.795. The molecule has 1 heterocycles. The number of rotatable bonds is 2. The zero-order valence-electron chi connectivity index (χ0n) is 10.1. The molecule has 0 aliphatic carbocycles. The van der Waals surface area contributed by atoms with Gasteiger partial charge in [-0.25, -0.2) is 0 Å². The lowest BCUT2D eigenvalue weighted by Gasteiger charge is -2.16. The van der Waals surface area contributed by atoms with Gasteiger partial charge in [-0.2, -0.15) is 0 Å². The van der Waals surface area contributed by atoms with Gasteiger partial charge in [-0.15, -0.1) is 0 Å². The molecule has 0 aromatic heterocycles. The van der Waals surface area contributed by atoms with Crippen LogP contribution in [-0.2, 0) is 9.53 Å². The van der Waals surface area contributed by atoms with Crippen molar-refractivity contribution in [2.24, 2.45) is 5.92 Å². The molecule has 1 aromatic rings. The summed E-state index contributed by atoms with van der Waals surface area (Å²) in [6.45, 7) is 0.950. The third-order valence-electron chi connectivity index (χ3n) is 3.12. The molecular weight excluding hydrogens is 234 g/mol. The summed E-state index contributed by atoms with van der Waals surface area (Å²) in [5.41, 5.74) is 0.512. The minimum Gasteiger partial charge on any atom is -0.508 e. The van der Waals surface area contributed by atoms with Crippen molar-refractivity contribution in [3.63, 3.8) is 0 Å². The van der Waals surface area contributed by atoms with Crippen molar-refractivity contribution in [1.82, 2.24) is 4.90 Å². The Labute approximate surface area is 105 Å². The number of amides is 1. The van der Waals surface area contributed by atoms with Crippen molar-refractivity contribution in [2.45, 2.75) is 6.42 Å². The van der Waals surface area contributed by atoms with E-state index < -0.39 is 0 Å². The molecule has 0 saturated carbocycles. The van der Waals surface area contributed by atoms with Crippen LogP contribution in [0.25, 0.3) is 0 Å². The van der Waals surface area contributed by atoms with Gasteiger partial charge < -0.3 is 14.7 Å². The van der Waals surface area contributed by atoms with Crippen LogP contribution in [0.3, 0.4) is 0 Å². The minimum absolute atomic E-state index is 0.124. The molecule has 2 rings (SSSR count). The number of hydrogen-bond donors (Lipinski definition) is 1. The lowest BCUT2D eigenvalue weighted by atomic mass is 10.1. The SMILES string of the molecule is COC(=O)C1CCN(C(=O)c2ccc(O)cc2)C1. The first kappa shape index (κ1) is 12.4. The molecule has 0 bridgehead atoms. The van der Waals surface area contributed by atoms with Crippen LogP contribution in [0.2, 0.25) is 0 Å². The molecule has 1 atom stereocenters. The Bertz CT molecular complexity index is 455. The number of aromatic hydroxyl groups is 1. The van der Waals surface area contributed by atoms with E-state index in [4.69, 9.17) is 5.11 Å². The van der Waals surface area contributed by atoms with Crippen LogP contribution in [0.1, 0.15) is 16.8 Å². The van der Waals surface area contributed by atoms with Gasteiger partial charge >= 0.3 is 5.97 Å². The fourth-order valence-electron chi connectivity index (χ4n) is 2.09. The van der Waals surface area contributed by atoms with Gasteiger partial charge in [-0.3, -0.25) is 9.59 Å². The molecular formula is C13H15NO4. The number of methoxy groups -OCH3 is 1. The van der Waals surface area contributed by atoms with Gasteiger partial charge in [0.1, 0.15) is 5.75 Å². The van der Waals surface area contributed by atoms with E-state index in [9.17, 15) is 9.59 Å². The maximum absolute atomic E-state index is 12.1. The summed E-state index contributed by atoms with van der Waals surface area (Å²) in [5, 5.41) is 9.16. The smallest absolute Gasteiger partial charge is 0.310 e. The maximum atomic E-state index is 12.1. The van der Waals surface area contributed by atoms with Gasteiger partial charge in [0.05, 0.1) is 13.0 Å². The second kappa shape index (κ2) is 5.08. The number of carbonyl (C=O) groups excluding carboxylic acids is 2. The Morgan fingerprint density at radius 3 is 2.61 bits per heavy atom. The van der Waals surface area contributed by atoms with Crippen LogP contribution in [0, 0.1) is 5.92 Å². The number of likely N-dealkylation sites (tertiary alicyclic amines) is 1. The van der Waals surface area contributed by atoms with Crippen molar-refractivity contribution in [3.8, 4) is 5.75 Å². The number of carbonyl (C=O) groups is 2. The van der Waals surface area contributed by atoms with E-state index in [1.165, 1.54) is 19.2 Å².